The molecule has 58 valence electrons. The number of H-pyrrole nitrogens is 1. The normalized spacial score (nSPS) is 40.5. The lowest BCUT2D eigenvalue weighted by atomic mass is 10.1. The van der Waals surface area contributed by atoms with Gasteiger partial charge in [-0.25, -0.2) is 0 Å². The summed E-state index contributed by atoms with van der Waals surface area (Å²) < 4.78 is 0. The number of nitrogens with zero attached hydrogens (tertiary/aromatic N) is 2. The molecule has 1 aromatic heterocycles. The number of nitrogens with one attached hydrogen (secondary N) is 1. The van der Waals surface area contributed by atoms with Gasteiger partial charge in [-0.15, -0.1) is 0 Å². The van der Waals surface area contributed by atoms with Gasteiger partial charge >= 0.3 is 0 Å². The molecule has 0 aromatic carbocycles. The van der Waals surface area contributed by atoms with Crippen molar-refractivity contribution in [1.29, 1.82) is 0 Å². The molecular formula is C8H11N3. The lowest BCUT2D eigenvalue weighted by molar-refractivity contribution is 0.669. The van der Waals surface area contributed by atoms with Gasteiger partial charge in [-0.3, -0.25) is 0 Å². The fraction of sp³-hybridized carbons (Fsp3) is 0.750. The van der Waals surface area contributed by atoms with Crippen molar-refractivity contribution in [2.24, 2.45) is 11.8 Å². The zero-order chi connectivity index (χ0) is 7.26. The molecule has 3 heteroatoms. The van der Waals surface area contributed by atoms with Crippen molar-refractivity contribution >= 4 is 0 Å². The predicted molar refractivity (Wildman–Crippen MR) is 40.0 cm³/mol. The topological polar surface area (TPSA) is 41.6 Å². The molecule has 0 spiro atoms. The van der Waals surface area contributed by atoms with Crippen LogP contribution in [0.15, 0.2) is 6.20 Å². The fourth-order valence-electron chi connectivity index (χ4n) is 2.63. The molecule has 0 bridgehead atoms. The molecule has 2 saturated carbocycles. The molecule has 1 aromatic rings. The quantitative estimate of drug-likeness (QED) is 0.654. The summed E-state index contributed by atoms with van der Waals surface area (Å²) in [5, 5.41) is 10.6. The molecule has 2 unspecified atom stereocenters. The first-order valence-corrected chi connectivity index (χ1v) is 4.32. The molecule has 3 rings (SSSR count). The zero-order valence-corrected chi connectivity index (χ0v) is 6.33. The maximum absolute atomic E-state index is 4.12. The summed E-state index contributed by atoms with van der Waals surface area (Å²) in [6.07, 6.45) is 6.15. The number of aromatic amines is 1. The van der Waals surface area contributed by atoms with Crippen LogP contribution in [0.25, 0.3) is 0 Å². The maximum Gasteiger partial charge on any atom is 0.0861 e. The molecule has 2 atom stereocenters. The summed E-state index contributed by atoms with van der Waals surface area (Å²) in [4.78, 5) is 0. The van der Waals surface area contributed by atoms with Crippen LogP contribution in [0.1, 0.15) is 30.9 Å². The van der Waals surface area contributed by atoms with E-state index >= 15 is 0 Å². The Labute approximate surface area is 65.2 Å². The highest BCUT2D eigenvalue weighted by atomic mass is 15.3. The second-order valence-electron chi connectivity index (χ2n) is 3.68. The Hall–Kier alpha value is -0.860. The highest BCUT2D eigenvalue weighted by Crippen LogP contribution is 2.62. The third-order valence-corrected chi connectivity index (χ3v) is 3.18. The average Bonchev–Trinajstić information content (AvgIpc) is 2.57. The smallest absolute Gasteiger partial charge is 0.0861 e. The Morgan fingerprint density at radius 3 is 2.82 bits per heavy atom. The summed E-state index contributed by atoms with van der Waals surface area (Å²) in [6, 6.07) is 0. The maximum atomic E-state index is 4.12. The first-order valence-electron chi connectivity index (χ1n) is 4.32. The minimum Gasteiger partial charge on any atom is -0.198 e. The van der Waals surface area contributed by atoms with E-state index in [2.05, 4.69) is 15.4 Å². The highest BCUT2D eigenvalue weighted by Gasteiger charge is 2.54. The number of fused-ring (bicyclic) bond motifs is 1. The van der Waals surface area contributed by atoms with Gasteiger partial charge in [0.25, 0.3) is 0 Å². The van der Waals surface area contributed by atoms with E-state index in [4.69, 9.17) is 0 Å². The van der Waals surface area contributed by atoms with Crippen molar-refractivity contribution in [3.05, 3.63) is 11.9 Å². The zero-order valence-electron chi connectivity index (χ0n) is 6.33. The minimum atomic E-state index is 0.766. The van der Waals surface area contributed by atoms with Crippen LogP contribution in [0.4, 0.5) is 0 Å². The van der Waals surface area contributed by atoms with E-state index in [1.807, 2.05) is 6.20 Å². The second kappa shape index (κ2) is 1.84. The Balaban J connectivity index is 1.85. The average molecular weight is 149 g/mol. The molecule has 0 amide bonds. The van der Waals surface area contributed by atoms with Crippen molar-refractivity contribution < 1.29 is 0 Å². The SMILES string of the molecule is c1n[nH]nc1C1C2CCCC21. The monoisotopic (exact) mass is 149 g/mol. The Morgan fingerprint density at radius 2 is 2.18 bits per heavy atom. The molecule has 3 nitrogen and oxygen atoms in total. The van der Waals surface area contributed by atoms with Crippen LogP contribution in [-0.2, 0) is 0 Å². The van der Waals surface area contributed by atoms with Crippen LogP contribution < -0.4 is 0 Å². The highest BCUT2D eigenvalue weighted by molar-refractivity contribution is 5.20. The minimum absolute atomic E-state index is 0.766. The second-order valence-corrected chi connectivity index (χ2v) is 3.68. The van der Waals surface area contributed by atoms with Gasteiger partial charge in [0.1, 0.15) is 0 Å². The Bertz CT molecular complexity index is 244. The molecule has 2 aliphatic rings. The van der Waals surface area contributed by atoms with E-state index in [0.717, 1.165) is 17.8 Å². The fourth-order valence-corrected chi connectivity index (χ4v) is 2.63. The molecule has 1 heterocycles. The number of rotatable bonds is 1. The van der Waals surface area contributed by atoms with Crippen molar-refractivity contribution in [3.8, 4) is 0 Å². The number of hydrogen-bond donors (Lipinski definition) is 1. The van der Waals surface area contributed by atoms with Gasteiger partial charge in [-0.05, 0) is 24.7 Å². The van der Waals surface area contributed by atoms with Crippen LogP contribution in [0.2, 0.25) is 0 Å². The van der Waals surface area contributed by atoms with E-state index in [9.17, 15) is 0 Å². The summed E-state index contributed by atoms with van der Waals surface area (Å²) in [5.41, 5.74) is 1.19. The van der Waals surface area contributed by atoms with Gasteiger partial charge in [0.15, 0.2) is 0 Å². The summed E-state index contributed by atoms with van der Waals surface area (Å²) in [7, 11) is 0. The predicted octanol–water partition coefficient (Wildman–Crippen LogP) is 1.32. The molecule has 2 fully saturated rings. The molecule has 0 radical (unpaired) electrons. The van der Waals surface area contributed by atoms with Crippen LogP contribution in [0, 0.1) is 11.8 Å². The molecule has 0 saturated heterocycles. The van der Waals surface area contributed by atoms with E-state index < -0.39 is 0 Å². The van der Waals surface area contributed by atoms with Gasteiger partial charge in [-0.1, -0.05) is 6.42 Å². The lowest BCUT2D eigenvalue weighted by Crippen LogP contribution is -1.87. The summed E-state index contributed by atoms with van der Waals surface area (Å²) >= 11 is 0. The third-order valence-electron chi connectivity index (χ3n) is 3.18. The van der Waals surface area contributed by atoms with Crippen molar-refractivity contribution in [3.63, 3.8) is 0 Å². The molecule has 0 aliphatic heterocycles. The summed E-state index contributed by atoms with van der Waals surface area (Å²) in [6.45, 7) is 0. The van der Waals surface area contributed by atoms with Gasteiger partial charge < -0.3 is 0 Å². The molecule has 2 aliphatic carbocycles. The van der Waals surface area contributed by atoms with Crippen LogP contribution in [0.3, 0.4) is 0 Å². The van der Waals surface area contributed by atoms with Crippen molar-refractivity contribution in [2.45, 2.75) is 25.2 Å². The molecule has 1 N–H and O–H groups in total. The number of aromatic nitrogens is 3. The molecule has 11 heavy (non-hydrogen) atoms. The number of hydrogen-bond acceptors (Lipinski definition) is 2. The van der Waals surface area contributed by atoms with Crippen molar-refractivity contribution in [2.75, 3.05) is 0 Å². The van der Waals surface area contributed by atoms with E-state index in [1.165, 1.54) is 25.0 Å². The first-order chi connectivity index (χ1) is 5.47. The third kappa shape index (κ3) is 0.682. The largest absolute Gasteiger partial charge is 0.198 e. The lowest BCUT2D eigenvalue weighted by Gasteiger charge is -1.95. The Kier molecular flexibility index (Phi) is 0.962. The van der Waals surface area contributed by atoms with E-state index in [0.29, 0.717) is 0 Å². The van der Waals surface area contributed by atoms with Gasteiger partial charge in [0, 0.05) is 5.92 Å². The van der Waals surface area contributed by atoms with Gasteiger partial charge in [-0.2, -0.15) is 15.4 Å². The van der Waals surface area contributed by atoms with Gasteiger partial charge in [0.2, 0.25) is 0 Å². The first kappa shape index (κ1) is 5.75. The van der Waals surface area contributed by atoms with Crippen molar-refractivity contribution in [1.82, 2.24) is 15.4 Å². The van der Waals surface area contributed by atoms with Crippen LogP contribution >= 0.6 is 0 Å². The van der Waals surface area contributed by atoms with E-state index in [-0.39, 0.29) is 0 Å². The van der Waals surface area contributed by atoms with E-state index in [1.54, 1.807) is 0 Å². The molecular weight excluding hydrogens is 138 g/mol. The Morgan fingerprint density at radius 1 is 1.36 bits per heavy atom. The van der Waals surface area contributed by atoms with Gasteiger partial charge in [0.05, 0.1) is 11.9 Å². The van der Waals surface area contributed by atoms with Crippen LogP contribution in [-0.4, -0.2) is 15.4 Å². The van der Waals surface area contributed by atoms with Crippen LogP contribution in [0.5, 0.6) is 0 Å². The summed E-state index contributed by atoms with van der Waals surface area (Å²) in [5.74, 6) is 2.68. The standard InChI is InChI=1S/C8H11N3/c1-2-5-6(3-1)8(5)7-4-9-11-10-7/h4-6,8H,1-3H2,(H,9,10,11).